The molecular weight excluding hydrogens is 244 g/mol. The maximum atomic E-state index is 9.37. The first-order valence-corrected chi connectivity index (χ1v) is 5.91. The SMILES string of the molecule is COc1cc(CO)ccc1OCc1cccc(O)c1. The van der Waals surface area contributed by atoms with Crippen molar-refractivity contribution in [2.24, 2.45) is 0 Å². The Bertz CT molecular complexity index is 552. The van der Waals surface area contributed by atoms with E-state index in [0.717, 1.165) is 11.1 Å². The maximum Gasteiger partial charge on any atom is 0.161 e. The van der Waals surface area contributed by atoms with Gasteiger partial charge in [0.1, 0.15) is 12.4 Å². The lowest BCUT2D eigenvalue weighted by Gasteiger charge is -2.11. The molecule has 0 aliphatic carbocycles. The van der Waals surface area contributed by atoms with Crippen LogP contribution >= 0.6 is 0 Å². The standard InChI is InChI=1S/C15H16O4/c1-18-15-8-11(9-16)5-6-14(15)19-10-12-3-2-4-13(17)7-12/h2-8,16-17H,9-10H2,1H3. The van der Waals surface area contributed by atoms with E-state index in [1.807, 2.05) is 6.07 Å². The van der Waals surface area contributed by atoms with Crippen LogP contribution in [-0.2, 0) is 13.2 Å². The van der Waals surface area contributed by atoms with Crippen molar-refractivity contribution in [3.63, 3.8) is 0 Å². The number of rotatable bonds is 5. The summed E-state index contributed by atoms with van der Waals surface area (Å²) in [6, 6.07) is 12.2. The van der Waals surface area contributed by atoms with Gasteiger partial charge in [-0.1, -0.05) is 18.2 Å². The maximum absolute atomic E-state index is 9.37. The molecule has 2 N–H and O–H groups in total. The van der Waals surface area contributed by atoms with E-state index in [2.05, 4.69) is 0 Å². The molecule has 0 aromatic heterocycles. The first kappa shape index (κ1) is 13.2. The molecule has 0 unspecified atom stereocenters. The van der Waals surface area contributed by atoms with Crippen LogP contribution in [0, 0.1) is 0 Å². The highest BCUT2D eigenvalue weighted by Gasteiger charge is 2.06. The van der Waals surface area contributed by atoms with Gasteiger partial charge in [-0.05, 0) is 35.4 Å². The average Bonchev–Trinajstić information content (AvgIpc) is 2.45. The molecule has 19 heavy (non-hydrogen) atoms. The average molecular weight is 260 g/mol. The summed E-state index contributed by atoms with van der Waals surface area (Å²) in [7, 11) is 1.55. The summed E-state index contributed by atoms with van der Waals surface area (Å²) in [6.45, 7) is 0.298. The Hall–Kier alpha value is -2.20. The smallest absolute Gasteiger partial charge is 0.161 e. The van der Waals surface area contributed by atoms with Gasteiger partial charge in [0, 0.05) is 0 Å². The summed E-state index contributed by atoms with van der Waals surface area (Å²) in [4.78, 5) is 0. The lowest BCUT2D eigenvalue weighted by atomic mass is 10.2. The van der Waals surface area contributed by atoms with E-state index < -0.39 is 0 Å². The Morgan fingerprint density at radius 2 is 1.84 bits per heavy atom. The van der Waals surface area contributed by atoms with Gasteiger partial charge in [0.2, 0.25) is 0 Å². The highest BCUT2D eigenvalue weighted by Crippen LogP contribution is 2.29. The van der Waals surface area contributed by atoms with E-state index in [0.29, 0.717) is 18.1 Å². The molecule has 0 aliphatic heterocycles. The van der Waals surface area contributed by atoms with Gasteiger partial charge in [-0.2, -0.15) is 0 Å². The summed E-state index contributed by atoms with van der Waals surface area (Å²) in [5, 5.41) is 18.4. The minimum Gasteiger partial charge on any atom is -0.508 e. The molecule has 100 valence electrons. The van der Waals surface area contributed by atoms with Gasteiger partial charge < -0.3 is 19.7 Å². The highest BCUT2D eigenvalue weighted by molar-refractivity contribution is 5.43. The fourth-order valence-corrected chi connectivity index (χ4v) is 1.74. The van der Waals surface area contributed by atoms with Crippen LogP contribution in [0.1, 0.15) is 11.1 Å². The van der Waals surface area contributed by atoms with E-state index in [-0.39, 0.29) is 12.4 Å². The molecule has 2 aromatic carbocycles. The predicted molar refractivity (Wildman–Crippen MR) is 71.4 cm³/mol. The second-order valence-corrected chi connectivity index (χ2v) is 4.10. The zero-order chi connectivity index (χ0) is 13.7. The van der Waals surface area contributed by atoms with Gasteiger partial charge in [0.05, 0.1) is 13.7 Å². The summed E-state index contributed by atoms with van der Waals surface area (Å²) in [5.74, 6) is 1.39. The van der Waals surface area contributed by atoms with Crippen molar-refractivity contribution in [2.45, 2.75) is 13.2 Å². The van der Waals surface area contributed by atoms with Crippen molar-refractivity contribution in [1.29, 1.82) is 0 Å². The van der Waals surface area contributed by atoms with Crippen LogP contribution in [0.25, 0.3) is 0 Å². The normalized spacial score (nSPS) is 10.2. The molecule has 0 radical (unpaired) electrons. The third-order valence-corrected chi connectivity index (χ3v) is 2.72. The van der Waals surface area contributed by atoms with E-state index >= 15 is 0 Å². The molecule has 2 aromatic rings. The molecule has 4 heteroatoms. The lowest BCUT2D eigenvalue weighted by molar-refractivity contribution is 0.274. The number of aromatic hydroxyl groups is 1. The molecule has 0 fully saturated rings. The minimum atomic E-state index is -0.0385. The van der Waals surface area contributed by atoms with Crippen LogP contribution in [0.15, 0.2) is 42.5 Å². The molecule has 0 amide bonds. The molecular formula is C15H16O4. The van der Waals surface area contributed by atoms with Crippen molar-refractivity contribution in [1.82, 2.24) is 0 Å². The van der Waals surface area contributed by atoms with Gasteiger partial charge in [-0.3, -0.25) is 0 Å². The number of methoxy groups -OCH3 is 1. The zero-order valence-corrected chi connectivity index (χ0v) is 10.7. The van der Waals surface area contributed by atoms with Crippen LogP contribution < -0.4 is 9.47 Å². The van der Waals surface area contributed by atoms with Crippen molar-refractivity contribution in [2.75, 3.05) is 7.11 Å². The number of benzene rings is 2. The van der Waals surface area contributed by atoms with E-state index in [9.17, 15) is 5.11 Å². The Labute approximate surface area is 111 Å². The Kier molecular flexibility index (Phi) is 4.26. The largest absolute Gasteiger partial charge is 0.508 e. The summed E-state index contributed by atoms with van der Waals surface area (Å²) in [5.41, 5.74) is 1.63. The molecule has 4 nitrogen and oxygen atoms in total. The molecule has 0 saturated heterocycles. The fourth-order valence-electron chi connectivity index (χ4n) is 1.74. The third-order valence-electron chi connectivity index (χ3n) is 2.72. The molecule has 0 bridgehead atoms. The molecule has 0 saturated carbocycles. The molecule has 0 heterocycles. The fraction of sp³-hybridized carbons (Fsp3) is 0.200. The number of ether oxygens (including phenoxy) is 2. The Morgan fingerprint density at radius 3 is 2.53 bits per heavy atom. The monoisotopic (exact) mass is 260 g/mol. The van der Waals surface area contributed by atoms with Gasteiger partial charge in [-0.15, -0.1) is 0 Å². The van der Waals surface area contributed by atoms with Gasteiger partial charge in [0.25, 0.3) is 0 Å². The van der Waals surface area contributed by atoms with Gasteiger partial charge in [0.15, 0.2) is 11.5 Å². The van der Waals surface area contributed by atoms with Crippen LogP contribution in [0.5, 0.6) is 17.2 Å². The highest BCUT2D eigenvalue weighted by atomic mass is 16.5. The first-order chi connectivity index (χ1) is 9.22. The van der Waals surface area contributed by atoms with Crippen LogP contribution in [-0.4, -0.2) is 17.3 Å². The predicted octanol–water partition coefficient (Wildman–Crippen LogP) is 2.47. The zero-order valence-electron chi connectivity index (χ0n) is 10.7. The minimum absolute atomic E-state index is 0.0385. The van der Waals surface area contributed by atoms with Crippen molar-refractivity contribution in [3.8, 4) is 17.2 Å². The summed E-state index contributed by atoms with van der Waals surface area (Å²) < 4.78 is 10.9. The summed E-state index contributed by atoms with van der Waals surface area (Å²) >= 11 is 0. The first-order valence-electron chi connectivity index (χ1n) is 5.91. The van der Waals surface area contributed by atoms with Crippen LogP contribution in [0.2, 0.25) is 0 Å². The molecule has 0 aliphatic rings. The van der Waals surface area contributed by atoms with Gasteiger partial charge >= 0.3 is 0 Å². The van der Waals surface area contributed by atoms with Crippen molar-refractivity contribution in [3.05, 3.63) is 53.6 Å². The topological polar surface area (TPSA) is 58.9 Å². The lowest BCUT2D eigenvalue weighted by Crippen LogP contribution is -1.98. The van der Waals surface area contributed by atoms with Crippen LogP contribution in [0.3, 0.4) is 0 Å². The van der Waals surface area contributed by atoms with Crippen molar-refractivity contribution >= 4 is 0 Å². The molecule has 0 spiro atoms. The number of hydrogen-bond acceptors (Lipinski definition) is 4. The Morgan fingerprint density at radius 1 is 1.00 bits per heavy atom. The third kappa shape index (κ3) is 3.39. The molecule has 2 rings (SSSR count). The van der Waals surface area contributed by atoms with E-state index in [1.165, 1.54) is 0 Å². The van der Waals surface area contributed by atoms with E-state index in [1.54, 1.807) is 43.5 Å². The van der Waals surface area contributed by atoms with Crippen LogP contribution in [0.4, 0.5) is 0 Å². The summed E-state index contributed by atoms with van der Waals surface area (Å²) in [6.07, 6.45) is 0. The number of aliphatic hydroxyl groups excluding tert-OH is 1. The van der Waals surface area contributed by atoms with E-state index in [4.69, 9.17) is 14.6 Å². The number of hydrogen-bond donors (Lipinski definition) is 2. The number of phenols is 1. The van der Waals surface area contributed by atoms with Crippen molar-refractivity contribution < 1.29 is 19.7 Å². The second-order valence-electron chi connectivity index (χ2n) is 4.10. The molecule has 0 atom stereocenters. The Balaban J connectivity index is 2.11. The quantitative estimate of drug-likeness (QED) is 0.867. The second kappa shape index (κ2) is 6.11. The van der Waals surface area contributed by atoms with Gasteiger partial charge in [-0.25, -0.2) is 0 Å². The number of aliphatic hydroxyl groups is 1. The number of phenolic OH excluding ortho intramolecular Hbond substituents is 1.